The van der Waals surface area contributed by atoms with Gasteiger partial charge < -0.3 is 19.3 Å². The predicted molar refractivity (Wildman–Crippen MR) is 89.8 cm³/mol. The van der Waals surface area contributed by atoms with Crippen molar-refractivity contribution in [2.75, 3.05) is 32.9 Å². The Labute approximate surface area is 148 Å². The first-order valence-corrected chi connectivity index (χ1v) is 9.34. The first-order chi connectivity index (χ1) is 12.2. The maximum Gasteiger partial charge on any atom is 0.249 e. The Morgan fingerprint density at radius 3 is 2.96 bits per heavy atom. The summed E-state index contributed by atoms with van der Waals surface area (Å²) in [6.07, 6.45) is 6.27. The van der Waals surface area contributed by atoms with Crippen molar-refractivity contribution in [2.45, 2.75) is 50.8 Å². The molecule has 1 amide bonds. The Balaban J connectivity index is 1.44. The number of rotatable bonds is 4. The molecule has 1 aromatic rings. The van der Waals surface area contributed by atoms with Crippen LogP contribution in [-0.2, 0) is 20.8 Å². The van der Waals surface area contributed by atoms with Crippen molar-refractivity contribution in [3.8, 4) is 0 Å². The van der Waals surface area contributed by atoms with Crippen LogP contribution < -0.4 is 5.32 Å². The van der Waals surface area contributed by atoms with E-state index >= 15 is 0 Å². The van der Waals surface area contributed by atoms with Gasteiger partial charge >= 0.3 is 0 Å². The van der Waals surface area contributed by atoms with Crippen molar-refractivity contribution in [3.63, 3.8) is 0 Å². The molecule has 138 valence electrons. The number of hydrogen-bond acceptors (Lipinski definition) is 6. The van der Waals surface area contributed by atoms with E-state index in [0.717, 1.165) is 70.6 Å². The van der Waals surface area contributed by atoms with Gasteiger partial charge in [-0.3, -0.25) is 9.69 Å². The van der Waals surface area contributed by atoms with Gasteiger partial charge in [-0.2, -0.15) is 0 Å². The van der Waals surface area contributed by atoms with Gasteiger partial charge in [-0.15, -0.1) is 0 Å². The highest BCUT2D eigenvalue weighted by Gasteiger charge is 2.42. The van der Waals surface area contributed by atoms with Crippen LogP contribution in [0.5, 0.6) is 0 Å². The minimum atomic E-state index is -0.267. The fraction of sp³-hybridized carbons (Fsp3) is 0.778. The van der Waals surface area contributed by atoms with E-state index in [2.05, 4.69) is 15.4 Å². The first-order valence-electron chi connectivity index (χ1n) is 9.34. The average molecular weight is 349 g/mol. The molecular weight excluding hydrogens is 322 g/mol. The molecule has 1 aromatic heterocycles. The number of hydrogen-bond donors (Lipinski definition) is 1. The molecule has 3 fully saturated rings. The smallest absolute Gasteiger partial charge is 0.249 e. The quantitative estimate of drug-likeness (QED) is 0.884. The normalized spacial score (nSPS) is 29.8. The zero-order valence-electron chi connectivity index (χ0n) is 14.6. The van der Waals surface area contributed by atoms with Crippen molar-refractivity contribution < 1.29 is 18.8 Å². The van der Waals surface area contributed by atoms with Gasteiger partial charge in [0.05, 0.1) is 5.69 Å². The second kappa shape index (κ2) is 7.43. The molecule has 1 N–H and O–H groups in total. The SMILES string of the molecule is O=C(NC1CN(Cc2ccon2)CC2(CCOCC2)C1)C1CCCO1. The molecule has 0 aliphatic carbocycles. The summed E-state index contributed by atoms with van der Waals surface area (Å²) in [5.74, 6) is 0.0491. The third-order valence-corrected chi connectivity index (χ3v) is 5.72. The standard InChI is InChI=1S/C18H27N3O4/c22-17(16-2-1-6-24-16)19-15-10-18(4-8-23-9-5-18)13-21(12-15)11-14-3-7-25-20-14/h3,7,15-16H,1-2,4-6,8-13H2,(H,19,22). The molecule has 7 heteroatoms. The van der Waals surface area contributed by atoms with Crippen LogP contribution in [0, 0.1) is 5.41 Å². The second-order valence-corrected chi connectivity index (χ2v) is 7.68. The Morgan fingerprint density at radius 2 is 2.24 bits per heavy atom. The summed E-state index contributed by atoms with van der Waals surface area (Å²) in [5.41, 5.74) is 1.16. The minimum absolute atomic E-state index is 0.0491. The van der Waals surface area contributed by atoms with E-state index in [1.54, 1.807) is 6.26 Å². The van der Waals surface area contributed by atoms with Crippen LogP contribution in [-0.4, -0.2) is 61.0 Å². The summed E-state index contributed by atoms with van der Waals surface area (Å²) in [6, 6.07) is 2.06. The third kappa shape index (κ3) is 4.04. The zero-order chi connectivity index (χ0) is 17.1. The first kappa shape index (κ1) is 17.0. The van der Waals surface area contributed by atoms with E-state index in [1.807, 2.05) is 6.07 Å². The summed E-state index contributed by atoms with van der Waals surface area (Å²) in [6.45, 7) is 4.94. The van der Waals surface area contributed by atoms with Crippen molar-refractivity contribution in [1.29, 1.82) is 0 Å². The van der Waals surface area contributed by atoms with Crippen LogP contribution >= 0.6 is 0 Å². The molecule has 4 heterocycles. The zero-order valence-corrected chi connectivity index (χ0v) is 14.6. The lowest BCUT2D eigenvalue weighted by molar-refractivity contribution is -0.132. The Bertz CT molecular complexity index is 565. The molecule has 1 spiro atoms. The van der Waals surface area contributed by atoms with E-state index < -0.39 is 0 Å². The van der Waals surface area contributed by atoms with Crippen LogP contribution in [0.3, 0.4) is 0 Å². The monoisotopic (exact) mass is 349 g/mol. The minimum Gasteiger partial charge on any atom is -0.381 e. The van der Waals surface area contributed by atoms with E-state index in [0.29, 0.717) is 6.61 Å². The van der Waals surface area contributed by atoms with E-state index in [-0.39, 0.29) is 23.5 Å². The van der Waals surface area contributed by atoms with Crippen molar-refractivity contribution in [2.24, 2.45) is 5.41 Å². The number of ether oxygens (including phenoxy) is 2. The third-order valence-electron chi connectivity index (χ3n) is 5.72. The molecular formula is C18H27N3O4. The van der Waals surface area contributed by atoms with Crippen molar-refractivity contribution in [3.05, 3.63) is 18.0 Å². The Kier molecular flexibility index (Phi) is 5.05. The number of aromatic nitrogens is 1. The Morgan fingerprint density at radius 1 is 1.36 bits per heavy atom. The van der Waals surface area contributed by atoms with Gasteiger partial charge in [0.15, 0.2) is 0 Å². The average Bonchev–Trinajstić information content (AvgIpc) is 3.28. The van der Waals surface area contributed by atoms with Crippen molar-refractivity contribution >= 4 is 5.91 Å². The number of nitrogens with one attached hydrogen (secondary N) is 1. The number of amides is 1. The summed E-state index contributed by atoms with van der Waals surface area (Å²) in [7, 11) is 0. The number of nitrogens with zero attached hydrogens (tertiary/aromatic N) is 2. The van der Waals surface area contributed by atoms with Gasteiger partial charge in [0, 0.05) is 51.6 Å². The molecule has 3 aliphatic rings. The van der Waals surface area contributed by atoms with Gasteiger partial charge in [0.2, 0.25) is 5.91 Å². The lowest BCUT2D eigenvalue weighted by Crippen LogP contribution is -2.57. The fourth-order valence-electron chi connectivity index (χ4n) is 4.51. The van der Waals surface area contributed by atoms with Gasteiger partial charge in [-0.05, 0) is 37.5 Å². The summed E-state index contributed by atoms with van der Waals surface area (Å²) >= 11 is 0. The van der Waals surface area contributed by atoms with Crippen LogP contribution in [0.2, 0.25) is 0 Å². The molecule has 0 saturated carbocycles. The Hall–Kier alpha value is -1.44. The van der Waals surface area contributed by atoms with Gasteiger partial charge in [-0.25, -0.2) is 0 Å². The maximum absolute atomic E-state index is 12.5. The largest absolute Gasteiger partial charge is 0.381 e. The highest BCUT2D eigenvalue weighted by molar-refractivity contribution is 5.81. The van der Waals surface area contributed by atoms with Crippen molar-refractivity contribution in [1.82, 2.24) is 15.4 Å². The highest BCUT2D eigenvalue weighted by Crippen LogP contribution is 2.39. The molecule has 3 saturated heterocycles. The highest BCUT2D eigenvalue weighted by atomic mass is 16.5. The summed E-state index contributed by atoms with van der Waals surface area (Å²) in [5, 5.41) is 7.30. The molecule has 4 rings (SSSR count). The van der Waals surface area contributed by atoms with Gasteiger partial charge in [0.1, 0.15) is 12.4 Å². The van der Waals surface area contributed by atoms with Crippen LogP contribution in [0.1, 0.15) is 37.8 Å². The van der Waals surface area contributed by atoms with Crippen LogP contribution in [0.25, 0.3) is 0 Å². The lowest BCUT2D eigenvalue weighted by Gasteiger charge is -2.48. The summed E-state index contributed by atoms with van der Waals surface area (Å²) < 4.78 is 16.1. The van der Waals surface area contributed by atoms with E-state index in [9.17, 15) is 4.79 Å². The molecule has 2 atom stereocenters. The molecule has 25 heavy (non-hydrogen) atoms. The predicted octanol–water partition coefficient (Wildman–Crippen LogP) is 1.34. The fourth-order valence-corrected chi connectivity index (χ4v) is 4.51. The molecule has 0 aromatic carbocycles. The number of likely N-dealkylation sites (tertiary alicyclic amines) is 1. The van der Waals surface area contributed by atoms with E-state index in [1.165, 1.54) is 0 Å². The number of carbonyl (C=O) groups excluding carboxylic acids is 1. The maximum atomic E-state index is 12.5. The van der Waals surface area contributed by atoms with Crippen LogP contribution in [0.4, 0.5) is 0 Å². The molecule has 3 aliphatic heterocycles. The molecule has 0 radical (unpaired) electrons. The molecule has 7 nitrogen and oxygen atoms in total. The number of piperidine rings is 1. The molecule has 2 unspecified atom stereocenters. The summed E-state index contributed by atoms with van der Waals surface area (Å²) in [4.78, 5) is 14.9. The lowest BCUT2D eigenvalue weighted by atomic mass is 9.72. The van der Waals surface area contributed by atoms with Gasteiger partial charge in [-0.1, -0.05) is 5.16 Å². The topological polar surface area (TPSA) is 76.8 Å². The molecule has 0 bridgehead atoms. The van der Waals surface area contributed by atoms with Gasteiger partial charge in [0.25, 0.3) is 0 Å². The number of carbonyl (C=O) groups is 1. The second-order valence-electron chi connectivity index (χ2n) is 7.68. The van der Waals surface area contributed by atoms with E-state index in [4.69, 9.17) is 14.0 Å². The van der Waals surface area contributed by atoms with Crippen LogP contribution in [0.15, 0.2) is 16.9 Å².